The fourth-order valence-corrected chi connectivity index (χ4v) is 2.78. The molecule has 0 saturated carbocycles. The Labute approximate surface area is 123 Å². The van der Waals surface area contributed by atoms with Crippen LogP contribution in [0.1, 0.15) is 39.0 Å². The monoisotopic (exact) mass is 298 g/mol. The van der Waals surface area contributed by atoms with E-state index in [1.807, 2.05) is 6.92 Å². The Bertz CT molecular complexity index is 418. The van der Waals surface area contributed by atoms with Gasteiger partial charge in [0.15, 0.2) is 6.10 Å². The molecule has 0 aromatic carbocycles. The molecule has 0 spiro atoms. The van der Waals surface area contributed by atoms with Crippen LogP contribution in [0.3, 0.4) is 0 Å². The lowest BCUT2D eigenvalue weighted by Gasteiger charge is -2.33. The Hall–Kier alpha value is -1.63. The molecule has 2 aliphatic rings. The molecule has 0 aromatic rings. The Morgan fingerprint density at radius 1 is 1.14 bits per heavy atom. The van der Waals surface area contributed by atoms with E-state index in [4.69, 9.17) is 9.84 Å². The molecule has 0 radical (unpaired) electrons. The molecule has 0 aliphatic carbocycles. The third-order valence-corrected chi connectivity index (χ3v) is 4.06. The van der Waals surface area contributed by atoms with Crippen LogP contribution in [-0.4, -0.2) is 59.1 Å². The summed E-state index contributed by atoms with van der Waals surface area (Å²) in [6.45, 7) is 2.96. The van der Waals surface area contributed by atoms with Crippen molar-refractivity contribution in [3.8, 4) is 0 Å². The van der Waals surface area contributed by atoms with E-state index < -0.39 is 18.2 Å². The summed E-state index contributed by atoms with van der Waals surface area (Å²) < 4.78 is 5.29. The van der Waals surface area contributed by atoms with Crippen LogP contribution in [0.2, 0.25) is 0 Å². The first-order valence-corrected chi connectivity index (χ1v) is 7.47. The number of nitrogens with one attached hydrogen (secondary N) is 1. The van der Waals surface area contributed by atoms with Gasteiger partial charge in [-0.2, -0.15) is 0 Å². The third kappa shape index (κ3) is 3.93. The quantitative estimate of drug-likeness (QED) is 0.769. The molecular weight excluding hydrogens is 276 g/mol. The minimum Gasteiger partial charge on any atom is -0.479 e. The Kier molecular flexibility index (Phi) is 5.17. The second-order valence-electron chi connectivity index (χ2n) is 5.55. The molecule has 21 heavy (non-hydrogen) atoms. The molecule has 2 rings (SSSR count). The van der Waals surface area contributed by atoms with Gasteiger partial charge >= 0.3 is 5.97 Å². The van der Waals surface area contributed by atoms with Gasteiger partial charge in [0.1, 0.15) is 6.10 Å². The SMILES string of the molecule is CCC(=O)NC1CCN(C(=O)[C@@H]2CC[C@H](C(=O)O)O2)CC1. The molecule has 2 heterocycles. The number of aliphatic carboxylic acids is 1. The smallest absolute Gasteiger partial charge is 0.332 e. The van der Waals surface area contributed by atoms with Gasteiger partial charge in [-0.15, -0.1) is 0 Å². The number of nitrogens with zero attached hydrogens (tertiary/aromatic N) is 1. The molecule has 2 aliphatic heterocycles. The summed E-state index contributed by atoms with van der Waals surface area (Å²) in [7, 11) is 0. The molecule has 2 saturated heterocycles. The number of amides is 2. The number of carboxylic acid groups (broad SMARTS) is 1. The van der Waals surface area contributed by atoms with Crippen molar-refractivity contribution in [1.82, 2.24) is 10.2 Å². The van der Waals surface area contributed by atoms with Crippen molar-refractivity contribution >= 4 is 17.8 Å². The summed E-state index contributed by atoms with van der Waals surface area (Å²) in [5, 5.41) is 11.8. The maximum absolute atomic E-state index is 12.3. The van der Waals surface area contributed by atoms with Crippen LogP contribution in [0.15, 0.2) is 0 Å². The predicted octanol–water partition coefficient (Wildman–Crippen LogP) is 0.136. The molecule has 2 amide bonds. The molecule has 0 unspecified atom stereocenters. The lowest BCUT2D eigenvalue weighted by Crippen LogP contribution is -2.49. The molecule has 2 N–H and O–H groups in total. The summed E-state index contributed by atoms with van der Waals surface area (Å²) in [4.78, 5) is 36.2. The summed E-state index contributed by atoms with van der Waals surface area (Å²) in [5.41, 5.74) is 0. The average molecular weight is 298 g/mol. The normalized spacial score (nSPS) is 26.6. The van der Waals surface area contributed by atoms with Gasteiger partial charge in [-0.05, 0) is 25.7 Å². The third-order valence-electron chi connectivity index (χ3n) is 4.06. The largest absolute Gasteiger partial charge is 0.479 e. The fraction of sp³-hybridized carbons (Fsp3) is 0.786. The minimum atomic E-state index is -1.01. The van der Waals surface area contributed by atoms with E-state index in [0.29, 0.717) is 32.4 Å². The van der Waals surface area contributed by atoms with Crippen molar-refractivity contribution in [3.63, 3.8) is 0 Å². The molecule has 0 aromatic heterocycles. The average Bonchev–Trinajstić information content (AvgIpc) is 2.97. The van der Waals surface area contributed by atoms with Gasteiger partial charge in [-0.3, -0.25) is 9.59 Å². The standard InChI is InChI=1S/C14H22N2O5/c1-2-12(17)15-9-5-7-16(8-6-9)13(18)10-3-4-11(21-10)14(19)20/h9-11H,2-8H2,1H3,(H,15,17)(H,19,20)/t10-,11+/m0/s1. The molecule has 2 atom stereocenters. The van der Waals surface area contributed by atoms with Crippen molar-refractivity contribution in [2.24, 2.45) is 0 Å². The van der Waals surface area contributed by atoms with E-state index in [-0.39, 0.29) is 17.9 Å². The Morgan fingerprint density at radius 2 is 1.76 bits per heavy atom. The van der Waals surface area contributed by atoms with Gasteiger partial charge in [-0.1, -0.05) is 6.92 Å². The molecule has 2 fully saturated rings. The van der Waals surface area contributed by atoms with Crippen LogP contribution in [-0.2, 0) is 19.1 Å². The number of carbonyl (C=O) groups excluding carboxylic acids is 2. The first kappa shape index (κ1) is 15.8. The van der Waals surface area contributed by atoms with Crippen LogP contribution in [0.25, 0.3) is 0 Å². The van der Waals surface area contributed by atoms with Crippen molar-refractivity contribution in [2.75, 3.05) is 13.1 Å². The van der Waals surface area contributed by atoms with Crippen LogP contribution >= 0.6 is 0 Å². The fourth-order valence-electron chi connectivity index (χ4n) is 2.78. The van der Waals surface area contributed by atoms with Gasteiger partial charge in [0.05, 0.1) is 0 Å². The minimum absolute atomic E-state index is 0.0307. The maximum atomic E-state index is 12.3. The number of ether oxygens (including phenoxy) is 1. The number of piperidine rings is 1. The predicted molar refractivity (Wildman–Crippen MR) is 73.6 cm³/mol. The second-order valence-corrected chi connectivity index (χ2v) is 5.55. The summed E-state index contributed by atoms with van der Waals surface area (Å²) >= 11 is 0. The first-order valence-electron chi connectivity index (χ1n) is 7.47. The van der Waals surface area contributed by atoms with Crippen molar-refractivity contribution in [3.05, 3.63) is 0 Å². The van der Waals surface area contributed by atoms with Gasteiger partial charge in [0.25, 0.3) is 5.91 Å². The van der Waals surface area contributed by atoms with Gasteiger partial charge in [0.2, 0.25) is 5.91 Å². The Balaban J connectivity index is 1.78. The van der Waals surface area contributed by atoms with Crippen LogP contribution in [0, 0.1) is 0 Å². The number of hydrogen-bond donors (Lipinski definition) is 2. The molecule has 118 valence electrons. The van der Waals surface area contributed by atoms with Crippen LogP contribution in [0.5, 0.6) is 0 Å². The lowest BCUT2D eigenvalue weighted by molar-refractivity contribution is -0.155. The summed E-state index contributed by atoms with van der Waals surface area (Å²) in [5.74, 6) is -1.10. The zero-order valence-corrected chi connectivity index (χ0v) is 12.2. The Morgan fingerprint density at radius 3 is 2.29 bits per heavy atom. The summed E-state index contributed by atoms with van der Waals surface area (Å²) in [6, 6.07) is 0.123. The number of hydrogen-bond acceptors (Lipinski definition) is 4. The van der Waals surface area contributed by atoms with Gasteiger partial charge < -0.3 is 20.1 Å². The van der Waals surface area contributed by atoms with E-state index in [0.717, 1.165) is 12.8 Å². The van der Waals surface area contributed by atoms with E-state index in [1.54, 1.807) is 4.90 Å². The van der Waals surface area contributed by atoms with E-state index >= 15 is 0 Å². The number of likely N-dealkylation sites (tertiary alicyclic amines) is 1. The number of carboxylic acids is 1. The molecule has 7 nitrogen and oxygen atoms in total. The number of carbonyl (C=O) groups is 3. The number of rotatable bonds is 4. The van der Waals surface area contributed by atoms with Crippen molar-refractivity contribution in [2.45, 2.75) is 57.3 Å². The first-order chi connectivity index (χ1) is 10.0. The van der Waals surface area contributed by atoms with Crippen LogP contribution in [0.4, 0.5) is 0 Å². The molecule has 0 bridgehead atoms. The lowest BCUT2D eigenvalue weighted by atomic mass is 10.0. The van der Waals surface area contributed by atoms with E-state index in [2.05, 4.69) is 5.32 Å². The van der Waals surface area contributed by atoms with E-state index in [9.17, 15) is 14.4 Å². The zero-order chi connectivity index (χ0) is 15.4. The molecule has 7 heteroatoms. The zero-order valence-electron chi connectivity index (χ0n) is 12.2. The highest BCUT2D eigenvalue weighted by Gasteiger charge is 2.37. The van der Waals surface area contributed by atoms with Crippen molar-refractivity contribution in [1.29, 1.82) is 0 Å². The highest BCUT2D eigenvalue weighted by molar-refractivity contribution is 5.83. The van der Waals surface area contributed by atoms with E-state index in [1.165, 1.54) is 0 Å². The summed E-state index contributed by atoms with van der Waals surface area (Å²) in [6.07, 6.45) is 1.27. The highest BCUT2D eigenvalue weighted by atomic mass is 16.5. The second kappa shape index (κ2) is 6.89. The molecular formula is C14H22N2O5. The van der Waals surface area contributed by atoms with Gasteiger partial charge in [0, 0.05) is 25.6 Å². The van der Waals surface area contributed by atoms with Crippen molar-refractivity contribution < 1.29 is 24.2 Å². The van der Waals surface area contributed by atoms with Crippen LogP contribution < -0.4 is 5.32 Å². The van der Waals surface area contributed by atoms with Gasteiger partial charge in [-0.25, -0.2) is 4.79 Å². The topological polar surface area (TPSA) is 95.9 Å². The highest BCUT2D eigenvalue weighted by Crippen LogP contribution is 2.23. The maximum Gasteiger partial charge on any atom is 0.332 e.